The summed E-state index contributed by atoms with van der Waals surface area (Å²) in [4.78, 5) is 38.1. The molecule has 4 fully saturated rings. The van der Waals surface area contributed by atoms with Crippen molar-refractivity contribution in [2.45, 2.75) is 107 Å². The average Bonchev–Trinajstić information content (AvgIpc) is 2.84. The number of ketones is 1. The Bertz CT molecular complexity index is 1150. The molecule has 0 bridgehead atoms. The molecule has 0 saturated heterocycles. The van der Waals surface area contributed by atoms with Crippen LogP contribution >= 0.6 is 0 Å². The van der Waals surface area contributed by atoms with Gasteiger partial charge in [-0.2, -0.15) is 0 Å². The van der Waals surface area contributed by atoms with Crippen LogP contribution in [0.3, 0.4) is 0 Å². The second-order valence-electron chi connectivity index (χ2n) is 15.3. The minimum Gasteiger partial charge on any atom is -0.481 e. The van der Waals surface area contributed by atoms with Crippen molar-refractivity contribution in [3.8, 4) is 0 Å². The molecule has 0 aromatic heterocycles. The minimum absolute atomic E-state index is 0.0278. The molecule has 216 valence electrons. The van der Waals surface area contributed by atoms with Gasteiger partial charge in [0.1, 0.15) is 0 Å². The van der Waals surface area contributed by atoms with E-state index in [9.17, 15) is 19.5 Å². The van der Waals surface area contributed by atoms with Crippen LogP contribution in [0.4, 0.5) is 0 Å². The van der Waals surface area contributed by atoms with Crippen LogP contribution in [0.2, 0.25) is 0 Å². The van der Waals surface area contributed by atoms with Crippen molar-refractivity contribution in [2.75, 3.05) is 0 Å². The van der Waals surface area contributed by atoms with E-state index in [2.05, 4.69) is 65.4 Å². The van der Waals surface area contributed by atoms with Crippen LogP contribution in [0, 0.1) is 56.7 Å². The third-order valence-corrected chi connectivity index (χ3v) is 13.5. The van der Waals surface area contributed by atoms with Gasteiger partial charge < -0.3 is 10.5 Å². The van der Waals surface area contributed by atoms with Crippen LogP contribution in [-0.4, -0.2) is 22.8 Å². The Morgan fingerprint density at radius 1 is 1.00 bits per heavy atom. The molecular weight excluding hydrogens is 488 g/mol. The van der Waals surface area contributed by atoms with Gasteiger partial charge in [-0.05, 0) is 97.2 Å². The molecule has 0 heterocycles. The van der Waals surface area contributed by atoms with Crippen molar-refractivity contribution in [2.24, 2.45) is 56.7 Å². The molecule has 3 N–H and O–H groups in total. The Labute approximate surface area is 234 Å². The summed E-state index contributed by atoms with van der Waals surface area (Å²) in [7, 11) is 0. The van der Waals surface area contributed by atoms with Gasteiger partial charge in [0.2, 0.25) is 5.91 Å². The zero-order chi connectivity index (χ0) is 28.8. The summed E-state index contributed by atoms with van der Waals surface area (Å²) >= 11 is 0. The first-order valence-electron chi connectivity index (χ1n) is 15.3. The fourth-order valence-corrected chi connectivity index (χ4v) is 11.1. The molecule has 5 rings (SSSR count). The Hall–Kier alpha value is -2.11. The molecule has 0 radical (unpaired) electrons. The standard InChI is InChI=1S/C33H50N2O4/c1-19-11-14-33(28(38)39)16-15-31(7)23(26(33)20(19)2)9-10-25-30(6)17-22(18-34-35-21(3)36)27(37)29(4,5)24(30)12-13-32(25,31)8/h9,18-20,24-26,34H,10-17H2,1-8H3,(H,35,36)(H,38,39)/b22-18-/t19-,20+,24+,25-,26+,30+,31-,32-,33+/m1/s1. The molecule has 0 aliphatic heterocycles. The summed E-state index contributed by atoms with van der Waals surface area (Å²) in [5, 5.41) is 10.6. The fourth-order valence-electron chi connectivity index (χ4n) is 11.1. The lowest BCUT2D eigenvalue weighted by atomic mass is 9.33. The highest BCUT2D eigenvalue weighted by Crippen LogP contribution is 2.75. The van der Waals surface area contributed by atoms with Crippen LogP contribution in [0.25, 0.3) is 0 Å². The van der Waals surface area contributed by atoms with E-state index >= 15 is 0 Å². The summed E-state index contributed by atoms with van der Waals surface area (Å²) in [6.45, 7) is 17.7. The second-order valence-corrected chi connectivity index (χ2v) is 15.3. The summed E-state index contributed by atoms with van der Waals surface area (Å²) in [6.07, 6.45) is 11.4. The first-order valence-corrected chi connectivity index (χ1v) is 15.3. The number of hydrazine groups is 1. The highest BCUT2D eigenvalue weighted by Gasteiger charge is 2.70. The van der Waals surface area contributed by atoms with Crippen LogP contribution in [0.15, 0.2) is 23.4 Å². The quantitative estimate of drug-likeness (QED) is 0.219. The number of hydrogen-bond acceptors (Lipinski definition) is 4. The first-order chi connectivity index (χ1) is 18.1. The molecule has 0 spiro atoms. The lowest BCUT2D eigenvalue weighted by Crippen LogP contribution is -2.65. The monoisotopic (exact) mass is 538 g/mol. The van der Waals surface area contributed by atoms with Crippen molar-refractivity contribution in [3.63, 3.8) is 0 Å². The number of rotatable bonds is 3. The van der Waals surface area contributed by atoms with Gasteiger partial charge in [0.15, 0.2) is 5.78 Å². The maximum atomic E-state index is 13.7. The lowest BCUT2D eigenvalue weighted by molar-refractivity contribution is -0.186. The number of allylic oxidation sites excluding steroid dienone is 3. The van der Waals surface area contributed by atoms with Crippen LogP contribution in [0.1, 0.15) is 107 Å². The minimum atomic E-state index is -0.633. The predicted octanol–water partition coefficient (Wildman–Crippen LogP) is 6.43. The van der Waals surface area contributed by atoms with E-state index in [1.807, 2.05) is 0 Å². The number of fused-ring (bicyclic) bond motifs is 7. The van der Waals surface area contributed by atoms with Crippen molar-refractivity contribution < 1.29 is 19.5 Å². The summed E-state index contributed by atoms with van der Waals surface area (Å²) in [5.41, 5.74) is 6.46. The number of carboxylic acids is 1. The van der Waals surface area contributed by atoms with Crippen molar-refractivity contribution in [1.82, 2.24) is 10.9 Å². The van der Waals surface area contributed by atoms with Gasteiger partial charge in [0, 0.05) is 24.1 Å². The number of Topliss-reactive ketones (excluding diaryl/α,β-unsaturated/α-hetero) is 1. The molecule has 5 aliphatic carbocycles. The number of aliphatic carboxylic acids is 1. The van der Waals surface area contributed by atoms with Crippen LogP contribution in [-0.2, 0) is 14.4 Å². The number of hydrogen-bond donors (Lipinski definition) is 3. The molecular formula is C33H50N2O4. The molecule has 0 unspecified atom stereocenters. The van der Waals surface area contributed by atoms with Crippen molar-refractivity contribution in [3.05, 3.63) is 23.4 Å². The molecule has 5 aliphatic rings. The van der Waals surface area contributed by atoms with E-state index in [0.717, 1.165) is 50.5 Å². The number of amides is 1. The third kappa shape index (κ3) is 3.68. The van der Waals surface area contributed by atoms with E-state index in [-0.39, 0.29) is 39.8 Å². The van der Waals surface area contributed by atoms with E-state index in [1.165, 1.54) is 12.5 Å². The zero-order valence-electron chi connectivity index (χ0n) is 25.4. The smallest absolute Gasteiger partial charge is 0.310 e. The van der Waals surface area contributed by atoms with Gasteiger partial charge in [0.25, 0.3) is 0 Å². The van der Waals surface area contributed by atoms with Crippen molar-refractivity contribution >= 4 is 17.7 Å². The molecule has 1 amide bonds. The lowest BCUT2D eigenvalue weighted by Gasteiger charge is -2.70. The SMILES string of the molecule is CC(=O)NN/C=C1/C[C@]2(C)[C@H]3CC=C4[C@@H]5[C@@H](C)[C@H](C)CC[C@]5(C(=O)O)CC[C@@]4(C)[C@]3(C)CC[C@H]2C(C)(C)C1=O. The molecule has 6 nitrogen and oxygen atoms in total. The Morgan fingerprint density at radius 2 is 1.69 bits per heavy atom. The molecule has 39 heavy (non-hydrogen) atoms. The fraction of sp³-hybridized carbons (Fsp3) is 0.788. The van der Waals surface area contributed by atoms with E-state index in [1.54, 1.807) is 6.20 Å². The zero-order valence-corrected chi connectivity index (χ0v) is 25.4. The number of nitrogens with one attached hydrogen (secondary N) is 2. The number of carbonyl (C=O) groups excluding carboxylic acids is 2. The highest BCUT2D eigenvalue weighted by atomic mass is 16.4. The van der Waals surface area contributed by atoms with Gasteiger partial charge in [-0.15, -0.1) is 0 Å². The molecule has 0 aromatic rings. The van der Waals surface area contributed by atoms with Crippen LogP contribution in [0.5, 0.6) is 0 Å². The predicted molar refractivity (Wildman–Crippen MR) is 152 cm³/mol. The van der Waals surface area contributed by atoms with E-state index in [4.69, 9.17) is 0 Å². The Morgan fingerprint density at radius 3 is 2.33 bits per heavy atom. The van der Waals surface area contributed by atoms with Gasteiger partial charge in [-0.1, -0.05) is 60.1 Å². The van der Waals surface area contributed by atoms with Gasteiger partial charge in [-0.3, -0.25) is 19.8 Å². The molecule has 6 heteroatoms. The van der Waals surface area contributed by atoms with Gasteiger partial charge >= 0.3 is 5.97 Å². The Balaban J connectivity index is 1.59. The van der Waals surface area contributed by atoms with Gasteiger partial charge in [0.05, 0.1) is 5.41 Å². The third-order valence-electron chi connectivity index (χ3n) is 13.5. The summed E-state index contributed by atoms with van der Waals surface area (Å²) in [6, 6.07) is 0. The number of carbonyl (C=O) groups is 3. The topological polar surface area (TPSA) is 95.5 Å². The average molecular weight is 539 g/mol. The largest absolute Gasteiger partial charge is 0.481 e. The normalized spacial score (nSPS) is 47.6. The van der Waals surface area contributed by atoms with Gasteiger partial charge in [-0.25, -0.2) is 0 Å². The molecule has 9 atom stereocenters. The first kappa shape index (κ1) is 28.4. The summed E-state index contributed by atoms with van der Waals surface area (Å²) in [5.74, 6) is 1.05. The maximum absolute atomic E-state index is 13.7. The Kier molecular flexibility index (Phi) is 6.52. The maximum Gasteiger partial charge on any atom is 0.310 e. The van der Waals surface area contributed by atoms with Crippen molar-refractivity contribution in [1.29, 1.82) is 0 Å². The molecule has 0 aromatic carbocycles. The van der Waals surface area contributed by atoms with E-state index < -0.39 is 16.8 Å². The second kappa shape index (κ2) is 8.94. The van der Waals surface area contributed by atoms with Crippen LogP contribution < -0.4 is 10.9 Å². The highest BCUT2D eigenvalue weighted by molar-refractivity contribution is 6.00. The summed E-state index contributed by atoms with van der Waals surface area (Å²) < 4.78 is 0. The molecule has 4 saturated carbocycles. The number of carboxylic acid groups (broad SMARTS) is 1. The van der Waals surface area contributed by atoms with E-state index in [0.29, 0.717) is 24.2 Å².